The summed E-state index contributed by atoms with van der Waals surface area (Å²) in [5.74, 6) is -0.145. The molecule has 0 spiro atoms. The smallest absolute Gasteiger partial charge is 0.415 e. The van der Waals surface area contributed by atoms with Crippen LogP contribution < -0.4 is 10.2 Å². The number of amides is 2. The number of benzene rings is 1. The predicted molar refractivity (Wildman–Crippen MR) is 90.2 cm³/mol. The van der Waals surface area contributed by atoms with E-state index in [0.717, 1.165) is 16.1 Å². The zero-order chi connectivity index (χ0) is 16.4. The molecule has 1 fully saturated rings. The number of thiophene rings is 1. The van der Waals surface area contributed by atoms with E-state index in [4.69, 9.17) is 4.74 Å². The van der Waals surface area contributed by atoms with E-state index in [0.29, 0.717) is 18.7 Å². The Balaban J connectivity index is 1.59. The number of nitrogens with zero attached hydrogens (tertiary/aromatic N) is 1. The number of rotatable bonds is 4. The van der Waals surface area contributed by atoms with Gasteiger partial charge in [0.15, 0.2) is 0 Å². The van der Waals surface area contributed by atoms with E-state index in [1.54, 1.807) is 4.90 Å². The second-order valence-electron chi connectivity index (χ2n) is 5.60. The second-order valence-corrected chi connectivity index (χ2v) is 6.52. The molecule has 1 aromatic carbocycles. The van der Waals surface area contributed by atoms with Gasteiger partial charge in [0.25, 0.3) is 5.91 Å². The molecule has 0 aliphatic carbocycles. The summed E-state index contributed by atoms with van der Waals surface area (Å²) in [5, 5.41) is 5.62. The van der Waals surface area contributed by atoms with Crippen LogP contribution >= 0.6 is 11.3 Å². The zero-order valence-electron chi connectivity index (χ0n) is 13.0. The van der Waals surface area contributed by atoms with E-state index in [1.807, 2.05) is 49.6 Å². The van der Waals surface area contributed by atoms with Crippen LogP contribution in [0, 0.1) is 13.8 Å². The van der Waals surface area contributed by atoms with Crippen LogP contribution in [0.1, 0.15) is 21.5 Å². The van der Waals surface area contributed by atoms with Gasteiger partial charge in [0.05, 0.1) is 13.1 Å². The SMILES string of the molecule is Cc1ccc(C(=O)NCC2CN(c3cccs3)C(=O)O2)c(C)c1. The van der Waals surface area contributed by atoms with Gasteiger partial charge in [0, 0.05) is 5.56 Å². The van der Waals surface area contributed by atoms with Crippen LogP contribution in [0.5, 0.6) is 0 Å². The molecule has 5 nitrogen and oxygen atoms in total. The molecule has 1 unspecified atom stereocenters. The van der Waals surface area contributed by atoms with E-state index in [2.05, 4.69) is 5.32 Å². The molecule has 2 aromatic rings. The van der Waals surface area contributed by atoms with E-state index in [-0.39, 0.29) is 18.1 Å². The van der Waals surface area contributed by atoms with E-state index >= 15 is 0 Å². The maximum atomic E-state index is 12.3. The van der Waals surface area contributed by atoms with E-state index < -0.39 is 0 Å². The van der Waals surface area contributed by atoms with Crippen LogP contribution in [0.4, 0.5) is 9.80 Å². The van der Waals surface area contributed by atoms with Crippen molar-refractivity contribution in [3.8, 4) is 0 Å². The Kier molecular flexibility index (Phi) is 4.34. The minimum absolute atomic E-state index is 0.145. The van der Waals surface area contributed by atoms with Crippen molar-refractivity contribution in [1.29, 1.82) is 0 Å². The number of aryl methyl sites for hydroxylation is 2. The summed E-state index contributed by atoms with van der Waals surface area (Å²) in [5.41, 5.74) is 2.71. The van der Waals surface area contributed by atoms with Gasteiger partial charge in [-0.2, -0.15) is 0 Å². The highest BCUT2D eigenvalue weighted by Crippen LogP contribution is 2.26. The Morgan fingerprint density at radius 1 is 1.39 bits per heavy atom. The minimum Gasteiger partial charge on any atom is -0.442 e. The Morgan fingerprint density at radius 2 is 2.22 bits per heavy atom. The van der Waals surface area contributed by atoms with Crippen LogP contribution in [0.3, 0.4) is 0 Å². The number of carbonyl (C=O) groups excluding carboxylic acids is 2. The number of anilines is 1. The molecule has 6 heteroatoms. The molecule has 0 saturated carbocycles. The molecule has 2 amide bonds. The number of cyclic esters (lactones) is 1. The van der Waals surface area contributed by atoms with Crippen molar-refractivity contribution in [2.75, 3.05) is 18.0 Å². The first-order valence-corrected chi connectivity index (χ1v) is 8.29. The third-order valence-corrected chi connectivity index (χ3v) is 4.65. The second kappa shape index (κ2) is 6.42. The van der Waals surface area contributed by atoms with Crippen LogP contribution in [-0.4, -0.2) is 31.2 Å². The summed E-state index contributed by atoms with van der Waals surface area (Å²) in [6, 6.07) is 9.47. The fourth-order valence-electron chi connectivity index (χ4n) is 2.60. The molecule has 1 saturated heterocycles. The zero-order valence-corrected chi connectivity index (χ0v) is 13.9. The monoisotopic (exact) mass is 330 g/mol. The van der Waals surface area contributed by atoms with Crippen molar-refractivity contribution in [2.45, 2.75) is 20.0 Å². The summed E-state index contributed by atoms with van der Waals surface area (Å²) in [7, 11) is 0. The molecule has 1 N–H and O–H groups in total. The summed E-state index contributed by atoms with van der Waals surface area (Å²) in [6.07, 6.45) is -0.697. The van der Waals surface area contributed by atoms with Crippen LogP contribution in [0.25, 0.3) is 0 Å². The largest absolute Gasteiger partial charge is 0.442 e. The Morgan fingerprint density at radius 3 is 2.91 bits per heavy atom. The van der Waals surface area contributed by atoms with Gasteiger partial charge in [-0.05, 0) is 43.0 Å². The highest BCUT2D eigenvalue weighted by Gasteiger charge is 2.33. The topological polar surface area (TPSA) is 58.6 Å². The van der Waals surface area contributed by atoms with Gasteiger partial charge in [-0.25, -0.2) is 4.79 Å². The molecule has 0 bridgehead atoms. The van der Waals surface area contributed by atoms with E-state index in [9.17, 15) is 9.59 Å². The van der Waals surface area contributed by atoms with Gasteiger partial charge in [-0.15, -0.1) is 11.3 Å². The van der Waals surface area contributed by atoms with Gasteiger partial charge < -0.3 is 10.1 Å². The van der Waals surface area contributed by atoms with Crippen molar-refractivity contribution < 1.29 is 14.3 Å². The third kappa shape index (κ3) is 3.37. The standard InChI is InChI=1S/C17H18N2O3S/c1-11-5-6-14(12(2)8-11)16(20)18-9-13-10-19(17(21)22-13)15-4-3-7-23-15/h3-8,13H,9-10H2,1-2H3,(H,18,20). The number of nitrogens with one attached hydrogen (secondary N) is 1. The fraction of sp³-hybridized carbons (Fsp3) is 0.294. The van der Waals surface area contributed by atoms with Gasteiger partial charge in [-0.1, -0.05) is 17.7 Å². The third-order valence-electron chi connectivity index (χ3n) is 3.76. The quantitative estimate of drug-likeness (QED) is 0.937. The lowest BCUT2D eigenvalue weighted by molar-refractivity contribution is 0.0915. The Hall–Kier alpha value is -2.34. The van der Waals surface area contributed by atoms with E-state index in [1.165, 1.54) is 11.3 Å². The summed E-state index contributed by atoms with van der Waals surface area (Å²) in [6.45, 7) is 4.66. The fourth-order valence-corrected chi connectivity index (χ4v) is 3.33. The van der Waals surface area contributed by atoms with Gasteiger partial charge >= 0.3 is 6.09 Å². The van der Waals surface area contributed by atoms with Crippen LogP contribution in [0.2, 0.25) is 0 Å². The van der Waals surface area contributed by atoms with Crippen LogP contribution in [0.15, 0.2) is 35.7 Å². The van der Waals surface area contributed by atoms with Crippen LogP contribution in [-0.2, 0) is 4.74 Å². The Labute approximate surface area is 138 Å². The lowest BCUT2D eigenvalue weighted by Crippen LogP contribution is -2.34. The molecule has 1 atom stereocenters. The van der Waals surface area contributed by atoms with Crippen molar-refractivity contribution in [2.24, 2.45) is 0 Å². The molecular formula is C17H18N2O3S. The van der Waals surface area contributed by atoms with Crippen molar-refractivity contribution in [3.05, 3.63) is 52.4 Å². The number of hydrogen-bond donors (Lipinski definition) is 1. The molecule has 2 heterocycles. The molecule has 120 valence electrons. The first-order valence-electron chi connectivity index (χ1n) is 7.41. The van der Waals surface area contributed by atoms with Gasteiger partial charge in [0.2, 0.25) is 0 Å². The predicted octanol–water partition coefficient (Wildman–Crippen LogP) is 3.12. The number of carbonyl (C=O) groups is 2. The molecule has 1 aromatic heterocycles. The highest BCUT2D eigenvalue weighted by molar-refractivity contribution is 7.14. The first-order chi connectivity index (χ1) is 11.0. The normalized spacial score (nSPS) is 17.2. The maximum absolute atomic E-state index is 12.3. The first kappa shape index (κ1) is 15.6. The lowest BCUT2D eigenvalue weighted by atomic mass is 10.1. The maximum Gasteiger partial charge on any atom is 0.415 e. The number of hydrogen-bond acceptors (Lipinski definition) is 4. The lowest BCUT2D eigenvalue weighted by Gasteiger charge is -2.12. The minimum atomic E-state index is -0.363. The molecule has 1 aliphatic rings. The van der Waals surface area contributed by atoms with Crippen molar-refractivity contribution >= 4 is 28.3 Å². The molecule has 23 heavy (non-hydrogen) atoms. The molecule has 1 aliphatic heterocycles. The van der Waals surface area contributed by atoms with Crippen molar-refractivity contribution in [1.82, 2.24) is 5.32 Å². The summed E-state index contributed by atoms with van der Waals surface area (Å²) < 4.78 is 5.31. The molecule has 3 rings (SSSR count). The number of ether oxygens (including phenoxy) is 1. The summed E-state index contributed by atoms with van der Waals surface area (Å²) in [4.78, 5) is 25.7. The molecular weight excluding hydrogens is 312 g/mol. The molecule has 0 radical (unpaired) electrons. The van der Waals surface area contributed by atoms with Gasteiger partial charge in [0.1, 0.15) is 11.1 Å². The average Bonchev–Trinajstić information content (AvgIpc) is 3.14. The average molecular weight is 330 g/mol. The van der Waals surface area contributed by atoms with Gasteiger partial charge in [-0.3, -0.25) is 9.69 Å². The highest BCUT2D eigenvalue weighted by atomic mass is 32.1. The Bertz CT molecular complexity index is 727. The van der Waals surface area contributed by atoms with Crippen molar-refractivity contribution in [3.63, 3.8) is 0 Å². The summed E-state index contributed by atoms with van der Waals surface area (Å²) >= 11 is 1.49.